The molecule has 4 aromatic rings. The van der Waals surface area contributed by atoms with Crippen LogP contribution in [-0.2, 0) is 9.53 Å². The SMILES string of the molecule is Cc1cn2cc(-c3ccc(N4C(=O)COC4=O)cc3)cc2c(C(=O)Nc2cccc(C(N)=O)c2)n1. The van der Waals surface area contributed by atoms with Gasteiger partial charge in [0.25, 0.3) is 11.8 Å². The standard InChI is InChI=1S/C25H19N5O5/c1-14-11-29-12-17(15-5-7-19(8-6-15)30-21(31)13-35-25(30)34)10-20(29)22(27-14)24(33)28-18-4-2-3-16(9-18)23(26)32/h2-12H,13H2,1H3,(H2,26,32)(H,28,33). The van der Waals surface area contributed by atoms with Crippen LogP contribution in [0.1, 0.15) is 26.5 Å². The molecule has 174 valence electrons. The number of amides is 4. The number of anilines is 2. The second kappa shape index (κ2) is 8.41. The number of aromatic nitrogens is 2. The van der Waals surface area contributed by atoms with Crippen LogP contribution >= 0.6 is 0 Å². The quantitative estimate of drug-likeness (QED) is 0.461. The lowest BCUT2D eigenvalue weighted by atomic mass is 10.1. The number of cyclic esters (lactones) is 1. The molecule has 1 fully saturated rings. The number of hydrogen-bond donors (Lipinski definition) is 2. The predicted molar refractivity (Wildman–Crippen MR) is 127 cm³/mol. The predicted octanol–water partition coefficient (Wildman–Crippen LogP) is 3.14. The van der Waals surface area contributed by atoms with Crippen molar-refractivity contribution < 1.29 is 23.9 Å². The number of fused-ring (bicyclic) bond motifs is 1. The van der Waals surface area contributed by atoms with E-state index in [4.69, 9.17) is 10.5 Å². The molecule has 10 heteroatoms. The Bertz CT molecular complexity index is 1510. The first-order valence-corrected chi connectivity index (χ1v) is 10.6. The van der Waals surface area contributed by atoms with Gasteiger partial charge in [0.05, 0.1) is 16.9 Å². The molecule has 0 bridgehead atoms. The monoisotopic (exact) mass is 469 g/mol. The third kappa shape index (κ3) is 4.08. The molecular weight excluding hydrogens is 450 g/mol. The minimum absolute atomic E-state index is 0.211. The van der Waals surface area contributed by atoms with E-state index >= 15 is 0 Å². The largest absolute Gasteiger partial charge is 0.439 e. The summed E-state index contributed by atoms with van der Waals surface area (Å²) in [6.45, 7) is 1.51. The Morgan fingerprint density at radius 3 is 2.49 bits per heavy atom. The highest BCUT2D eigenvalue weighted by molar-refractivity contribution is 6.16. The lowest BCUT2D eigenvalue weighted by molar-refractivity contribution is -0.117. The van der Waals surface area contributed by atoms with E-state index in [2.05, 4.69) is 10.3 Å². The van der Waals surface area contributed by atoms with Crippen molar-refractivity contribution in [2.75, 3.05) is 16.8 Å². The van der Waals surface area contributed by atoms with Crippen LogP contribution in [0.3, 0.4) is 0 Å². The van der Waals surface area contributed by atoms with E-state index in [0.717, 1.165) is 16.0 Å². The van der Waals surface area contributed by atoms with Crippen molar-refractivity contribution in [2.45, 2.75) is 6.92 Å². The van der Waals surface area contributed by atoms with Gasteiger partial charge in [-0.3, -0.25) is 14.4 Å². The fourth-order valence-electron chi connectivity index (χ4n) is 3.91. The smallest absolute Gasteiger partial charge is 0.421 e. The van der Waals surface area contributed by atoms with Gasteiger partial charge in [0.2, 0.25) is 5.91 Å². The molecule has 0 spiro atoms. The molecule has 2 aromatic heterocycles. The van der Waals surface area contributed by atoms with Gasteiger partial charge in [-0.05, 0) is 48.9 Å². The maximum absolute atomic E-state index is 13.1. The molecule has 3 N–H and O–H groups in total. The first-order chi connectivity index (χ1) is 16.8. The first-order valence-electron chi connectivity index (χ1n) is 10.6. The highest BCUT2D eigenvalue weighted by atomic mass is 16.6. The van der Waals surface area contributed by atoms with Crippen molar-refractivity contribution in [1.29, 1.82) is 0 Å². The van der Waals surface area contributed by atoms with Gasteiger partial charge in [0.15, 0.2) is 12.3 Å². The molecule has 0 aliphatic carbocycles. The summed E-state index contributed by atoms with van der Waals surface area (Å²) in [6, 6.07) is 15.0. The van der Waals surface area contributed by atoms with E-state index in [1.54, 1.807) is 55.6 Å². The van der Waals surface area contributed by atoms with Crippen molar-refractivity contribution in [3.8, 4) is 11.1 Å². The molecule has 5 rings (SSSR count). The molecule has 0 radical (unpaired) electrons. The molecule has 0 unspecified atom stereocenters. The molecule has 35 heavy (non-hydrogen) atoms. The topological polar surface area (TPSA) is 136 Å². The van der Waals surface area contributed by atoms with Crippen LogP contribution in [0.4, 0.5) is 16.2 Å². The van der Waals surface area contributed by atoms with Crippen molar-refractivity contribution in [1.82, 2.24) is 9.38 Å². The van der Waals surface area contributed by atoms with Crippen molar-refractivity contribution >= 4 is 40.7 Å². The molecule has 1 aliphatic rings. The second-order valence-electron chi connectivity index (χ2n) is 7.98. The Hall–Kier alpha value is -4.99. The zero-order chi connectivity index (χ0) is 24.7. The molecule has 1 saturated heterocycles. The maximum Gasteiger partial charge on any atom is 0.421 e. The van der Waals surface area contributed by atoms with E-state index in [1.165, 1.54) is 6.07 Å². The number of ether oxygens (including phenoxy) is 1. The number of carbonyl (C=O) groups excluding carboxylic acids is 4. The van der Waals surface area contributed by atoms with Gasteiger partial charge in [-0.1, -0.05) is 18.2 Å². The molecule has 0 saturated carbocycles. The lowest BCUT2D eigenvalue weighted by Gasteiger charge is -2.11. The van der Waals surface area contributed by atoms with Crippen LogP contribution in [-0.4, -0.2) is 39.8 Å². The number of nitrogens with zero attached hydrogens (tertiary/aromatic N) is 3. The molecular formula is C25H19N5O5. The molecule has 10 nitrogen and oxygen atoms in total. The summed E-state index contributed by atoms with van der Waals surface area (Å²) in [4.78, 5) is 53.6. The molecule has 2 aromatic carbocycles. The van der Waals surface area contributed by atoms with Crippen LogP contribution in [0.2, 0.25) is 0 Å². The highest BCUT2D eigenvalue weighted by Crippen LogP contribution is 2.28. The molecule has 1 aliphatic heterocycles. The maximum atomic E-state index is 13.1. The van der Waals surface area contributed by atoms with E-state index in [-0.39, 0.29) is 17.9 Å². The fourth-order valence-corrected chi connectivity index (χ4v) is 3.91. The zero-order valence-corrected chi connectivity index (χ0v) is 18.5. The number of nitrogens with one attached hydrogen (secondary N) is 1. The van der Waals surface area contributed by atoms with Gasteiger partial charge in [0.1, 0.15) is 0 Å². The first kappa shape index (κ1) is 21.8. The summed E-state index contributed by atoms with van der Waals surface area (Å²) < 4.78 is 6.57. The Labute approximate surface area is 198 Å². The average molecular weight is 469 g/mol. The average Bonchev–Trinajstić information content (AvgIpc) is 3.41. The van der Waals surface area contributed by atoms with E-state index in [9.17, 15) is 19.2 Å². The normalized spacial score (nSPS) is 13.2. The Kier molecular flexibility index (Phi) is 5.25. The number of benzene rings is 2. The van der Waals surface area contributed by atoms with Gasteiger partial charge in [-0.25, -0.2) is 14.7 Å². The van der Waals surface area contributed by atoms with Gasteiger partial charge >= 0.3 is 6.09 Å². The number of rotatable bonds is 5. The fraction of sp³-hybridized carbons (Fsp3) is 0.0800. The number of nitrogens with two attached hydrogens (primary N) is 1. The second-order valence-corrected chi connectivity index (χ2v) is 7.98. The molecule has 3 heterocycles. The number of carbonyl (C=O) groups is 4. The van der Waals surface area contributed by atoms with E-state index in [0.29, 0.717) is 22.6 Å². The summed E-state index contributed by atoms with van der Waals surface area (Å²) in [7, 11) is 0. The number of aryl methyl sites for hydroxylation is 1. The van der Waals surface area contributed by atoms with Crippen LogP contribution in [0.15, 0.2) is 67.0 Å². The Morgan fingerprint density at radius 1 is 1.03 bits per heavy atom. The van der Waals surface area contributed by atoms with Crippen molar-refractivity contribution in [2.24, 2.45) is 5.73 Å². The molecule has 4 amide bonds. The minimum atomic E-state index is -0.698. The van der Waals surface area contributed by atoms with E-state index in [1.807, 2.05) is 16.7 Å². The summed E-state index contributed by atoms with van der Waals surface area (Å²) in [5.41, 5.74) is 9.50. The Morgan fingerprint density at radius 2 is 1.80 bits per heavy atom. The molecule has 0 atom stereocenters. The number of hydrogen-bond acceptors (Lipinski definition) is 6. The third-order valence-corrected chi connectivity index (χ3v) is 5.54. The third-order valence-electron chi connectivity index (χ3n) is 5.54. The lowest BCUT2D eigenvalue weighted by Crippen LogP contribution is -2.28. The minimum Gasteiger partial charge on any atom is -0.439 e. The Balaban J connectivity index is 1.46. The van der Waals surface area contributed by atoms with Gasteiger partial charge in [0, 0.05) is 29.2 Å². The van der Waals surface area contributed by atoms with Crippen molar-refractivity contribution in [3.63, 3.8) is 0 Å². The van der Waals surface area contributed by atoms with Crippen LogP contribution in [0.25, 0.3) is 16.6 Å². The van der Waals surface area contributed by atoms with E-state index < -0.39 is 23.8 Å². The zero-order valence-electron chi connectivity index (χ0n) is 18.5. The van der Waals surface area contributed by atoms with Crippen LogP contribution in [0, 0.1) is 6.92 Å². The number of primary amides is 1. The summed E-state index contributed by atoms with van der Waals surface area (Å²) in [5.74, 6) is -1.45. The van der Waals surface area contributed by atoms with Crippen LogP contribution < -0.4 is 16.0 Å². The summed E-state index contributed by atoms with van der Waals surface area (Å²) in [6.07, 6.45) is 2.96. The van der Waals surface area contributed by atoms with Gasteiger partial charge in [-0.15, -0.1) is 0 Å². The summed E-state index contributed by atoms with van der Waals surface area (Å²) in [5, 5.41) is 2.77. The van der Waals surface area contributed by atoms with Crippen molar-refractivity contribution in [3.05, 3.63) is 83.9 Å². The van der Waals surface area contributed by atoms with Gasteiger partial charge in [-0.2, -0.15) is 0 Å². The summed E-state index contributed by atoms with van der Waals surface area (Å²) >= 11 is 0. The number of imide groups is 1. The van der Waals surface area contributed by atoms with Crippen LogP contribution in [0.5, 0.6) is 0 Å². The van der Waals surface area contributed by atoms with Gasteiger partial charge < -0.3 is 20.2 Å². The highest BCUT2D eigenvalue weighted by Gasteiger charge is 2.32.